The van der Waals surface area contributed by atoms with Crippen LogP contribution in [0.15, 0.2) is 36.7 Å². The predicted octanol–water partition coefficient (Wildman–Crippen LogP) is 2.70. The van der Waals surface area contributed by atoms with Crippen molar-refractivity contribution in [2.45, 2.75) is 20.4 Å². The number of hydrogen-bond donors (Lipinski definition) is 1. The maximum atomic E-state index is 12.0. The van der Waals surface area contributed by atoms with Crippen LogP contribution in [0.2, 0.25) is 0 Å². The van der Waals surface area contributed by atoms with E-state index in [-0.39, 0.29) is 5.91 Å². The Kier molecular flexibility index (Phi) is 4.35. The van der Waals surface area contributed by atoms with Gasteiger partial charge in [0.15, 0.2) is 0 Å². The number of carbonyl (C=O) groups is 1. The Labute approximate surface area is 119 Å². The molecule has 1 heterocycles. The zero-order valence-electron chi connectivity index (χ0n) is 12.1. The summed E-state index contributed by atoms with van der Waals surface area (Å²) >= 11 is 0. The van der Waals surface area contributed by atoms with Crippen molar-refractivity contribution in [3.05, 3.63) is 59.2 Å². The first-order chi connectivity index (χ1) is 9.56. The van der Waals surface area contributed by atoms with E-state index in [2.05, 4.69) is 23.0 Å². The molecule has 2 rings (SSSR count). The first-order valence-corrected chi connectivity index (χ1v) is 6.55. The van der Waals surface area contributed by atoms with Gasteiger partial charge in [-0.05, 0) is 31.1 Å². The molecule has 0 atom stereocenters. The fourth-order valence-electron chi connectivity index (χ4n) is 1.99. The van der Waals surface area contributed by atoms with Gasteiger partial charge in [0.25, 0.3) is 0 Å². The van der Waals surface area contributed by atoms with Gasteiger partial charge in [-0.25, -0.2) is 4.98 Å². The number of benzene rings is 1. The molecule has 2 aromatic rings. The van der Waals surface area contributed by atoms with Crippen molar-refractivity contribution in [2.75, 3.05) is 7.05 Å². The molecule has 1 amide bonds. The van der Waals surface area contributed by atoms with Gasteiger partial charge in [0.1, 0.15) is 5.82 Å². The molecule has 0 spiro atoms. The van der Waals surface area contributed by atoms with Crippen LogP contribution < -0.4 is 0 Å². The van der Waals surface area contributed by atoms with E-state index in [0.29, 0.717) is 6.54 Å². The molecular weight excluding hydrogens is 250 g/mol. The Bertz CT molecular complexity index is 615. The molecule has 104 valence electrons. The molecule has 1 N–H and O–H groups in total. The molecule has 0 saturated carbocycles. The molecule has 0 aliphatic heterocycles. The molecule has 4 heteroatoms. The highest BCUT2D eigenvalue weighted by Gasteiger charge is 2.07. The third kappa shape index (κ3) is 3.57. The Hall–Kier alpha value is -2.36. The molecule has 0 saturated heterocycles. The lowest BCUT2D eigenvalue weighted by Crippen LogP contribution is -2.24. The van der Waals surface area contributed by atoms with E-state index in [1.54, 1.807) is 30.4 Å². The van der Waals surface area contributed by atoms with Crippen LogP contribution in [0.3, 0.4) is 0 Å². The second-order valence-electron chi connectivity index (χ2n) is 4.92. The second kappa shape index (κ2) is 6.19. The Morgan fingerprint density at radius 1 is 1.40 bits per heavy atom. The van der Waals surface area contributed by atoms with Gasteiger partial charge in [-0.1, -0.05) is 23.8 Å². The molecule has 1 aromatic carbocycles. The van der Waals surface area contributed by atoms with Gasteiger partial charge < -0.3 is 9.88 Å². The highest BCUT2D eigenvalue weighted by molar-refractivity contribution is 5.91. The minimum Gasteiger partial charge on any atom is -0.347 e. The number of nitrogens with zero attached hydrogens (tertiary/aromatic N) is 2. The summed E-state index contributed by atoms with van der Waals surface area (Å²) in [5, 5.41) is 0. The van der Waals surface area contributed by atoms with Crippen molar-refractivity contribution in [1.29, 1.82) is 0 Å². The van der Waals surface area contributed by atoms with Crippen LogP contribution >= 0.6 is 0 Å². The summed E-state index contributed by atoms with van der Waals surface area (Å²) in [6.45, 7) is 4.58. The number of imidazole rings is 1. The molecule has 0 unspecified atom stereocenters. The maximum Gasteiger partial charge on any atom is 0.246 e. The Morgan fingerprint density at radius 3 is 2.85 bits per heavy atom. The number of aryl methyl sites for hydroxylation is 2. The number of likely N-dealkylation sites (N-methyl/N-ethyl adjacent to an activating group) is 1. The number of carbonyl (C=O) groups excluding carboxylic acids is 1. The van der Waals surface area contributed by atoms with E-state index >= 15 is 0 Å². The minimum absolute atomic E-state index is 0.0404. The van der Waals surface area contributed by atoms with Gasteiger partial charge in [-0.15, -0.1) is 0 Å². The number of aromatic nitrogens is 2. The quantitative estimate of drug-likeness (QED) is 0.868. The first-order valence-electron chi connectivity index (χ1n) is 6.55. The van der Waals surface area contributed by atoms with Crippen molar-refractivity contribution >= 4 is 12.0 Å². The first kappa shape index (κ1) is 14.1. The third-order valence-electron chi connectivity index (χ3n) is 3.15. The summed E-state index contributed by atoms with van der Waals surface area (Å²) in [4.78, 5) is 20.7. The number of amides is 1. The summed E-state index contributed by atoms with van der Waals surface area (Å²) < 4.78 is 0. The van der Waals surface area contributed by atoms with Crippen LogP contribution in [-0.2, 0) is 11.3 Å². The fraction of sp³-hybridized carbons (Fsp3) is 0.250. The zero-order chi connectivity index (χ0) is 14.5. The van der Waals surface area contributed by atoms with Gasteiger partial charge >= 0.3 is 0 Å². The van der Waals surface area contributed by atoms with Gasteiger partial charge in [-0.3, -0.25) is 4.79 Å². The van der Waals surface area contributed by atoms with Crippen molar-refractivity contribution in [3.63, 3.8) is 0 Å². The van der Waals surface area contributed by atoms with Crippen LogP contribution in [0.4, 0.5) is 0 Å². The summed E-state index contributed by atoms with van der Waals surface area (Å²) in [5.41, 5.74) is 3.46. The van der Waals surface area contributed by atoms with Crippen molar-refractivity contribution in [3.8, 4) is 0 Å². The second-order valence-corrected chi connectivity index (χ2v) is 4.92. The molecule has 20 heavy (non-hydrogen) atoms. The van der Waals surface area contributed by atoms with Crippen LogP contribution in [-0.4, -0.2) is 27.8 Å². The molecular formula is C16H19N3O. The Morgan fingerprint density at radius 2 is 2.20 bits per heavy atom. The molecule has 0 aliphatic rings. The summed E-state index contributed by atoms with van der Waals surface area (Å²) in [6, 6.07) is 6.18. The average Bonchev–Trinajstić information content (AvgIpc) is 2.90. The third-order valence-corrected chi connectivity index (χ3v) is 3.15. The summed E-state index contributed by atoms with van der Waals surface area (Å²) in [7, 11) is 1.76. The van der Waals surface area contributed by atoms with Crippen molar-refractivity contribution < 1.29 is 4.79 Å². The van der Waals surface area contributed by atoms with Crippen molar-refractivity contribution in [2.24, 2.45) is 0 Å². The fourth-order valence-corrected chi connectivity index (χ4v) is 1.99. The normalized spacial score (nSPS) is 10.9. The van der Waals surface area contributed by atoms with Crippen LogP contribution in [0.25, 0.3) is 6.08 Å². The molecule has 0 radical (unpaired) electrons. The molecule has 1 aromatic heterocycles. The van der Waals surface area contributed by atoms with E-state index in [1.165, 1.54) is 11.1 Å². The lowest BCUT2D eigenvalue weighted by molar-refractivity contribution is -0.125. The van der Waals surface area contributed by atoms with Crippen molar-refractivity contribution in [1.82, 2.24) is 14.9 Å². The highest BCUT2D eigenvalue weighted by Crippen LogP contribution is 2.12. The largest absolute Gasteiger partial charge is 0.347 e. The molecule has 0 fully saturated rings. The predicted molar refractivity (Wildman–Crippen MR) is 80.0 cm³/mol. The van der Waals surface area contributed by atoms with Crippen LogP contribution in [0.5, 0.6) is 0 Å². The standard InChI is InChI=1S/C16H19N3O/c1-12-4-5-14(13(2)10-12)6-7-16(20)19(3)11-15-17-8-9-18-15/h4-10H,11H2,1-3H3,(H,17,18). The van der Waals surface area contributed by atoms with E-state index in [4.69, 9.17) is 0 Å². The van der Waals surface area contributed by atoms with Gasteiger partial charge in [0.05, 0.1) is 6.54 Å². The maximum absolute atomic E-state index is 12.0. The number of hydrogen-bond acceptors (Lipinski definition) is 2. The molecule has 0 bridgehead atoms. The van der Waals surface area contributed by atoms with Crippen LogP contribution in [0, 0.1) is 13.8 Å². The van der Waals surface area contributed by atoms with E-state index in [1.807, 2.05) is 25.1 Å². The molecule has 4 nitrogen and oxygen atoms in total. The number of H-pyrrole nitrogens is 1. The van der Waals surface area contributed by atoms with E-state index in [0.717, 1.165) is 11.4 Å². The SMILES string of the molecule is Cc1ccc(C=CC(=O)N(C)Cc2ncc[nH]2)c(C)c1. The summed E-state index contributed by atoms with van der Waals surface area (Å²) in [6.07, 6.45) is 6.88. The van der Waals surface area contributed by atoms with E-state index < -0.39 is 0 Å². The monoisotopic (exact) mass is 269 g/mol. The van der Waals surface area contributed by atoms with Gasteiger partial charge in [-0.2, -0.15) is 0 Å². The van der Waals surface area contributed by atoms with E-state index in [9.17, 15) is 4.79 Å². The molecule has 0 aliphatic carbocycles. The average molecular weight is 269 g/mol. The van der Waals surface area contributed by atoms with Gasteiger partial charge in [0.2, 0.25) is 5.91 Å². The lowest BCUT2D eigenvalue weighted by atomic mass is 10.1. The number of aromatic amines is 1. The van der Waals surface area contributed by atoms with Crippen LogP contribution in [0.1, 0.15) is 22.5 Å². The summed E-state index contributed by atoms with van der Waals surface area (Å²) in [5.74, 6) is 0.738. The zero-order valence-corrected chi connectivity index (χ0v) is 12.1. The Balaban J connectivity index is 2.01. The lowest BCUT2D eigenvalue weighted by Gasteiger charge is -2.13. The number of nitrogens with one attached hydrogen (secondary N) is 1. The van der Waals surface area contributed by atoms with Gasteiger partial charge in [0, 0.05) is 25.5 Å². The smallest absolute Gasteiger partial charge is 0.246 e. The number of rotatable bonds is 4. The highest BCUT2D eigenvalue weighted by atomic mass is 16.2. The topological polar surface area (TPSA) is 49.0 Å². The minimum atomic E-state index is -0.0404.